The van der Waals surface area contributed by atoms with Crippen molar-refractivity contribution in [2.75, 3.05) is 33.2 Å². The Hall–Kier alpha value is -0.810. The molecule has 1 aromatic carbocycles. The van der Waals surface area contributed by atoms with Gasteiger partial charge in [0.05, 0.1) is 0 Å². The van der Waals surface area contributed by atoms with Crippen LogP contribution in [0.5, 0.6) is 0 Å². The molecule has 0 radical (unpaired) electrons. The first-order valence-electron chi connectivity index (χ1n) is 6.59. The van der Waals surface area contributed by atoms with Crippen LogP contribution < -0.4 is 0 Å². The number of aliphatic hydroxyl groups is 1. The average molecular weight is 317 g/mol. The standard InChI is InChI=1S/C14H18Cl2N2O2/c1-17-3-2-4-18(6-5-17)14(20)13(19)10-7-11(15)9-12(16)8-10/h7-9,13,19H,2-6H2,1H3. The van der Waals surface area contributed by atoms with Gasteiger partial charge in [-0.25, -0.2) is 0 Å². The molecule has 2 rings (SSSR count). The van der Waals surface area contributed by atoms with Gasteiger partial charge in [-0.1, -0.05) is 23.2 Å². The molecule has 20 heavy (non-hydrogen) atoms. The van der Waals surface area contributed by atoms with Crippen LogP contribution in [0.15, 0.2) is 18.2 Å². The van der Waals surface area contributed by atoms with E-state index in [2.05, 4.69) is 4.90 Å². The molecular formula is C14H18Cl2N2O2. The monoisotopic (exact) mass is 316 g/mol. The van der Waals surface area contributed by atoms with E-state index in [4.69, 9.17) is 23.2 Å². The van der Waals surface area contributed by atoms with Crippen molar-refractivity contribution in [3.05, 3.63) is 33.8 Å². The first kappa shape index (κ1) is 15.6. The highest BCUT2D eigenvalue weighted by molar-refractivity contribution is 6.34. The van der Waals surface area contributed by atoms with Crippen LogP contribution in [0.1, 0.15) is 18.1 Å². The maximum Gasteiger partial charge on any atom is 0.256 e. The fourth-order valence-electron chi connectivity index (χ4n) is 2.32. The number of rotatable bonds is 2. The average Bonchev–Trinajstić information content (AvgIpc) is 2.61. The summed E-state index contributed by atoms with van der Waals surface area (Å²) in [6.45, 7) is 3.06. The highest BCUT2D eigenvalue weighted by atomic mass is 35.5. The van der Waals surface area contributed by atoms with Gasteiger partial charge in [-0.3, -0.25) is 4.79 Å². The molecule has 1 aliphatic heterocycles. The molecule has 1 saturated heterocycles. The molecule has 0 bridgehead atoms. The third kappa shape index (κ3) is 3.85. The molecule has 4 nitrogen and oxygen atoms in total. The third-order valence-electron chi connectivity index (χ3n) is 3.47. The lowest BCUT2D eigenvalue weighted by molar-refractivity contribution is -0.140. The van der Waals surface area contributed by atoms with Crippen molar-refractivity contribution in [2.45, 2.75) is 12.5 Å². The largest absolute Gasteiger partial charge is 0.378 e. The number of hydrogen-bond donors (Lipinski definition) is 1. The minimum absolute atomic E-state index is 0.293. The summed E-state index contributed by atoms with van der Waals surface area (Å²) >= 11 is 11.8. The van der Waals surface area contributed by atoms with Crippen LogP contribution in [0.4, 0.5) is 0 Å². The van der Waals surface area contributed by atoms with E-state index in [1.165, 1.54) is 0 Å². The summed E-state index contributed by atoms with van der Waals surface area (Å²) in [5.74, 6) is -0.293. The molecule has 1 amide bonds. The zero-order chi connectivity index (χ0) is 14.7. The van der Waals surface area contributed by atoms with Crippen LogP contribution in [-0.4, -0.2) is 54.0 Å². The number of aliphatic hydroxyl groups excluding tert-OH is 1. The van der Waals surface area contributed by atoms with E-state index in [1.54, 1.807) is 23.1 Å². The van der Waals surface area contributed by atoms with Crippen molar-refractivity contribution in [3.63, 3.8) is 0 Å². The molecule has 0 aromatic heterocycles. The van der Waals surface area contributed by atoms with E-state index >= 15 is 0 Å². The van der Waals surface area contributed by atoms with E-state index in [0.717, 1.165) is 19.5 Å². The normalized spacial score (nSPS) is 18.7. The Kier molecular flexibility index (Phi) is 5.27. The van der Waals surface area contributed by atoms with Crippen molar-refractivity contribution >= 4 is 29.1 Å². The number of carbonyl (C=O) groups excluding carboxylic acids is 1. The van der Waals surface area contributed by atoms with Gasteiger partial charge in [-0.15, -0.1) is 0 Å². The highest BCUT2D eigenvalue weighted by Gasteiger charge is 2.25. The van der Waals surface area contributed by atoms with Gasteiger partial charge in [0.25, 0.3) is 5.91 Å². The van der Waals surface area contributed by atoms with Crippen LogP contribution in [0.25, 0.3) is 0 Å². The predicted molar refractivity (Wildman–Crippen MR) is 80.1 cm³/mol. The number of halogens is 2. The molecule has 0 spiro atoms. The molecule has 1 aromatic rings. The number of benzene rings is 1. The molecule has 1 aliphatic rings. The van der Waals surface area contributed by atoms with Gasteiger partial charge in [0.1, 0.15) is 0 Å². The number of amides is 1. The zero-order valence-corrected chi connectivity index (χ0v) is 12.9. The summed E-state index contributed by atoms with van der Waals surface area (Å²) < 4.78 is 0. The Morgan fingerprint density at radius 2 is 1.80 bits per heavy atom. The molecule has 1 unspecified atom stereocenters. The molecule has 1 N–H and O–H groups in total. The molecule has 6 heteroatoms. The van der Waals surface area contributed by atoms with Gasteiger partial charge in [-0.2, -0.15) is 0 Å². The Balaban J connectivity index is 2.11. The van der Waals surface area contributed by atoms with Crippen LogP contribution in [-0.2, 0) is 4.79 Å². The first-order chi connectivity index (χ1) is 9.47. The lowest BCUT2D eigenvalue weighted by atomic mass is 10.1. The topological polar surface area (TPSA) is 43.8 Å². The van der Waals surface area contributed by atoms with Crippen molar-refractivity contribution in [1.82, 2.24) is 9.80 Å². The molecular weight excluding hydrogens is 299 g/mol. The van der Waals surface area contributed by atoms with Gasteiger partial charge in [-0.05, 0) is 43.8 Å². The predicted octanol–water partition coefficient (Wildman–Crippen LogP) is 2.19. The van der Waals surface area contributed by atoms with Crippen molar-refractivity contribution in [3.8, 4) is 0 Å². The van der Waals surface area contributed by atoms with E-state index in [0.29, 0.717) is 28.7 Å². The minimum Gasteiger partial charge on any atom is -0.378 e. The molecule has 1 atom stereocenters. The second-order valence-corrected chi connectivity index (χ2v) is 5.96. The molecule has 1 heterocycles. The smallest absolute Gasteiger partial charge is 0.256 e. The fraction of sp³-hybridized carbons (Fsp3) is 0.500. The number of carbonyl (C=O) groups is 1. The molecule has 0 saturated carbocycles. The number of likely N-dealkylation sites (N-methyl/N-ethyl adjacent to an activating group) is 1. The quantitative estimate of drug-likeness (QED) is 0.909. The Morgan fingerprint density at radius 3 is 2.45 bits per heavy atom. The van der Waals surface area contributed by atoms with E-state index < -0.39 is 6.10 Å². The van der Waals surface area contributed by atoms with Gasteiger partial charge < -0.3 is 14.9 Å². The summed E-state index contributed by atoms with van der Waals surface area (Å²) in [4.78, 5) is 16.2. The SMILES string of the molecule is CN1CCCN(C(=O)C(O)c2cc(Cl)cc(Cl)c2)CC1. The maximum atomic E-state index is 12.4. The molecule has 110 valence electrons. The Labute approximate surface area is 128 Å². The first-order valence-corrected chi connectivity index (χ1v) is 7.34. The lowest BCUT2D eigenvalue weighted by Crippen LogP contribution is -2.37. The zero-order valence-electron chi connectivity index (χ0n) is 11.4. The van der Waals surface area contributed by atoms with E-state index in [-0.39, 0.29) is 5.91 Å². The minimum atomic E-state index is -1.21. The van der Waals surface area contributed by atoms with Crippen LogP contribution in [0.2, 0.25) is 10.0 Å². The second-order valence-electron chi connectivity index (χ2n) is 5.09. The van der Waals surface area contributed by atoms with Crippen molar-refractivity contribution in [1.29, 1.82) is 0 Å². The summed E-state index contributed by atoms with van der Waals surface area (Å²) in [6, 6.07) is 4.71. The van der Waals surface area contributed by atoms with E-state index in [1.807, 2.05) is 7.05 Å². The summed E-state index contributed by atoms with van der Waals surface area (Å²) in [6.07, 6.45) is -0.305. The molecule has 0 aliphatic carbocycles. The van der Waals surface area contributed by atoms with Gasteiger partial charge >= 0.3 is 0 Å². The van der Waals surface area contributed by atoms with Crippen molar-refractivity contribution in [2.24, 2.45) is 0 Å². The lowest BCUT2D eigenvalue weighted by Gasteiger charge is -2.23. The summed E-state index contributed by atoms with van der Waals surface area (Å²) in [5.41, 5.74) is 0.435. The number of hydrogen-bond acceptors (Lipinski definition) is 3. The van der Waals surface area contributed by atoms with E-state index in [9.17, 15) is 9.90 Å². The molecule has 1 fully saturated rings. The summed E-state index contributed by atoms with van der Waals surface area (Å²) in [5, 5.41) is 11.0. The van der Waals surface area contributed by atoms with Crippen LogP contribution in [0.3, 0.4) is 0 Å². The fourth-order valence-corrected chi connectivity index (χ4v) is 2.86. The maximum absolute atomic E-state index is 12.4. The van der Waals surface area contributed by atoms with Gasteiger partial charge in [0, 0.05) is 29.7 Å². The highest BCUT2D eigenvalue weighted by Crippen LogP contribution is 2.25. The second kappa shape index (κ2) is 6.76. The Morgan fingerprint density at radius 1 is 1.15 bits per heavy atom. The summed E-state index contributed by atoms with van der Waals surface area (Å²) in [7, 11) is 2.03. The van der Waals surface area contributed by atoms with Crippen molar-refractivity contribution < 1.29 is 9.90 Å². The van der Waals surface area contributed by atoms with Crippen LogP contribution >= 0.6 is 23.2 Å². The Bertz CT molecular complexity index is 476. The van der Waals surface area contributed by atoms with Gasteiger partial charge in [0.2, 0.25) is 0 Å². The third-order valence-corrected chi connectivity index (χ3v) is 3.90. The van der Waals surface area contributed by atoms with Crippen LogP contribution in [0, 0.1) is 0 Å². The number of nitrogens with zero attached hydrogens (tertiary/aromatic N) is 2. The van der Waals surface area contributed by atoms with Gasteiger partial charge in [0.15, 0.2) is 6.10 Å².